The molecule has 0 bridgehead atoms. The van der Waals surface area contributed by atoms with E-state index in [1.807, 2.05) is 9.16 Å². The fraction of sp³-hybridized carbons (Fsp3) is 0.692. The van der Waals surface area contributed by atoms with Crippen molar-refractivity contribution in [2.75, 3.05) is 12.3 Å². The number of fused-ring (bicyclic) bond motifs is 1. The minimum absolute atomic E-state index is 0.0800. The van der Waals surface area contributed by atoms with Crippen molar-refractivity contribution in [2.45, 2.75) is 99.0 Å². The maximum absolute atomic E-state index is 2.57. The summed E-state index contributed by atoms with van der Waals surface area (Å²) in [6.07, 6.45) is 11.2. The summed E-state index contributed by atoms with van der Waals surface area (Å²) in [5.74, 6) is 0. The second kappa shape index (κ2) is 12.1. The van der Waals surface area contributed by atoms with Crippen LogP contribution >= 0.6 is 7.92 Å². The number of benzene rings is 1. The predicted molar refractivity (Wildman–Crippen MR) is 135 cm³/mol. The molecule has 1 aliphatic carbocycles. The molecule has 1 aliphatic rings. The van der Waals surface area contributed by atoms with Crippen molar-refractivity contribution in [1.82, 2.24) is 0 Å². The summed E-state index contributed by atoms with van der Waals surface area (Å²) < 4.78 is 6.78. The molecule has 0 saturated heterocycles. The molecule has 158 valence electrons. The Morgan fingerprint density at radius 2 is 1.29 bits per heavy atom. The van der Waals surface area contributed by atoms with E-state index in [9.17, 15) is 0 Å². The number of hydrogen-bond donors (Lipinski definition) is 0. The Hall–Kier alpha value is 0.189. The molecule has 1 aromatic carbocycles. The van der Waals surface area contributed by atoms with Crippen LogP contribution in [-0.2, 0) is 0 Å². The number of unbranched alkanes of at least 4 members (excludes halogenated alkanes) is 3. The molecule has 0 heterocycles. The maximum atomic E-state index is 2.57. The Balaban J connectivity index is 2.63. The molecule has 2 heteroatoms. The first-order valence-corrected chi connectivity index (χ1v) is 21.4. The van der Waals surface area contributed by atoms with Crippen LogP contribution in [-0.4, -0.2) is 30.7 Å². The molecule has 0 aromatic heterocycles. The van der Waals surface area contributed by atoms with Gasteiger partial charge in [0.1, 0.15) is 0 Å². The van der Waals surface area contributed by atoms with E-state index in [0.717, 1.165) is 5.66 Å². The molecule has 0 N–H and O–H groups in total. The van der Waals surface area contributed by atoms with Crippen molar-refractivity contribution >= 4 is 29.9 Å². The van der Waals surface area contributed by atoms with Gasteiger partial charge in [0.2, 0.25) is 0 Å². The van der Waals surface area contributed by atoms with Gasteiger partial charge in [-0.2, -0.15) is 0 Å². The number of allylic oxidation sites excluding steroid dienone is 1. The van der Waals surface area contributed by atoms with Crippen molar-refractivity contribution < 1.29 is 0 Å². The van der Waals surface area contributed by atoms with Crippen molar-refractivity contribution in [1.29, 1.82) is 0 Å². The van der Waals surface area contributed by atoms with E-state index < -0.39 is 18.4 Å². The summed E-state index contributed by atoms with van der Waals surface area (Å²) >= 11 is -2.42. The van der Waals surface area contributed by atoms with Gasteiger partial charge in [-0.1, -0.05) is 0 Å². The number of rotatable bonds is 13. The van der Waals surface area contributed by atoms with Gasteiger partial charge in [0.05, 0.1) is 0 Å². The first-order valence-electron chi connectivity index (χ1n) is 12.1. The van der Waals surface area contributed by atoms with Gasteiger partial charge in [-0.3, -0.25) is 0 Å². The van der Waals surface area contributed by atoms with Gasteiger partial charge in [-0.15, -0.1) is 0 Å². The Bertz CT molecular complexity index is 607. The third-order valence-corrected chi connectivity index (χ3v) is 26.2. The van der Waals surface area contributed by atoms with E-state index in [1.54, 1.807) is 24.4 Å². The average molecular weight is 507 g/mol. The van der Waals surface area contributed by atoms with Gasteiger partial charge >= 0.3 is 182 Å². The Morgan fingerprint density at radius 3 is 1.75 bits per heavy atom. The monoisotopic (exact) mass is 508 g/mol. The topological polar surface area (TPSA) is 0 Å². The fourth-order valence-corrected chi connectivity index (χ4v) is 26.6. The molecular formula is C26H45PSn. The minimum atomic E-state index is -2.42. The van der Waals surface area contributed by atoms with E-state index >= 15 is 0 Å². The SMILES string of the molecule is CCC[CH2][Sn]([CH2]CCC)([CH2]CCC)[C]1=C(C)C(P(CC)CC)c2ccccc21. The molecule has 0 spiro atoms. The van der Waals surface area contributed by atoms with Gasteiger partial charge in [0, 0.05) is 0 Å². The second-order valence-electron chi connectivity index (χ2n) is 8.86. The van der Waals surface area contributed by atoms with Gasteiger partial charge < -0.3 is 0 Å². The van der Waals surface area contributed by atoms with Crippen LogP contribution in [0.3, 0.4) is 0 Å². The standard InChI is InChI=1S/C14H18P.3C4H9.Sn/c1-4-15(5-2)14-11(3)10-12-8-6-7-9-13(12)14;3*1-3-4-2;/h6-9,14H,4-5H2,1-3H3;3*1,3-4H2,2H3;. The number of hydrogen-bond acceptors (Lipinski definition) is 0. The van der Waals surface area contributed by atoms with Crippen molar-refractivity contribution in [3.8, 4) is 0 Å². The van der Waals surface area contributed by atoms with Crippen LogP contribution in [0.2, 0.25) is 13.3 Å². The predicted octanol–water partition coefficient (Wildman–Crippen LogP) is 9.42. The summed E-state index contributed by atoms with van der Waals surface area (Å²) in [7, 11) is 0.0800. The van der Waals surface area contributed by atoms with E-state index in [1.165, 1.54) is 50.8 Å². The van der Waals surface area contributed by atoms with Gasteiger partial charge in [0.15, 0.2) is 0 Å². The van der Waals surface area contributed by atoms with Crippen LogP contribution in [0.5, 0.6) is 0 Å². The Labute approximate surface area is 181 Å². The summed E-state index contributed by atoms with van der Waals surface area (Å²) in [6.45, 7) is 14.6. The molecule has 0 nitrogen and oxygen atoms in total. The van der Waals surface area contributed by atoms with Crippen LogP contribution in [0, 0.1) is 0 Å². The summed E-state index contributed by atoms with van der Waals surface area (Å²) in [5, 5.41) is 0. The normalized spacial score (nSPS) is 16.9. The third-order valence-electron chi connectivity index (χ3n) is 7.06. The quantitative estimate of drug-likeness (QED) is 0.184. The molecule has 2 rings (SSSR count). The second-order valence-corrected chi connectivity index (χ2v) is 24.8. The van der Waals surface area contributed by atoms with Crippen molar-refractivity contribution in [3.05, 3.63) is 41.0 Å². The van der Waals surface area contributed by atoms with Crippen molar-refractivity contribution in [3.63, 3.8) is 0 Å². The molecule has 0 fully saturated rings. The summed E-state index contributed by atoms with van der Waals surface area (Å²) in [5.41, 5.74) is 6.04. The molecule has 0 amide bonds. The molecule has 0 saturated carbocycles. The van der Waals surface area contributed by atoms with E-state index in [0.29, 0.717) is 0 Å². The fourth-order valence-electron chi connectivity index (χ4n) is 5.60. The van der Waals surface area contributed by atoms with Gasteiger partial charge in [-0.25, -0.2) is 0 Å². The zero-order valence-electron chi connectivity index (χ0n) is 19.6. The molecular weight excluding hydrogens is 462 g/mol. The Morgan fingerprint density at radius 1 is 0.786 bits per heavy atom. The van der Waals surface area contributed by atoms with Gasteiger partial charge in [-0.05, 0) is 0 Å². The summed E-state index contributed by atoms with van der Waals surface area (Å²) in [4.78, 5) is 0. The molecule has 28 heavy (non-hydrogen) atoms. The molecule has 1 atom stereocenters. The van der Waals surface area contributed by atoms with Crippen LogP contribution in [0.15, 0.2) is 29.8 Å². The van der Waals surface area contributed by atoms with Gasteiger partial charge in [0.25, 0.3) is 0 Å². The third kappa shape index (κ3) is 5.26. The van der Waals surface area contributed by atoms with E-state index in [4.69, 9.17) is 0 Å². The molecule has 0 aliphatic heterocycles. The first-order chi connectivity index (χ1) is 13.6. The van der Waals surface area contributed by atoms with E-state index in [-0.39, 0.29) is 7.92 Å². The van der Waals surface area contributed by atoms with Crippen LogP contribution < -0.4 is 0 Å². The zero-order chi connectivity index (χ0) is 20.6. The van der Waals surface area contributed by atoms with Crippen molar-refractivity contribution in [2.24, 2.45) is 0 Å². The molecule has 1 unspecified atom stereocenters. The van der Waals surface area contributed by atoms with Crippen LogP contribution in [0.25, 0.3) is 3.59 Å². The first kappa shape index (κ1) is 24.5. The van der Waals surface area contributed by atoms with E-state index in [2.05, 4.69) is 65.8 Å². The average Bonchev–Trinajstić information content (AvgIpc) is 3.02. The molecule has 0 radical (unpaired) electrons. The zero-order valence-corrected chi connectivity index (χ0v) is 23.4. The molecule has 1 aromatic rings. The Kier molecular flexibility index (Phi) is 10.6. The van der Waals surface area contributed by atoms with Crippen LogP contribution in [0.4, 0.5) is 0 Å². The van der Waals surface area contributed by atoms with Crippen LogP contribution in [0.1, 0.15) is 96.9 Å². The summed E-state index contributed by atoms with van der Waals surface area (Å²) in [6, 6.07) is 9.64.